The van der Waals surface area contributed by atoms with Gasteiger partial charge in [-0.1, -0.05) is 25.3 Å². The molecule has 0 saturated carbocycles. The molecule has 4 N–H and O–H groups in total. The van der Waals surface area contributed by atoms with Crippen molar-refractivity contribution in [2.45, 2.75) is 4.90 Å². The summed E-state index contributed by atoms with van der Waals surface area (Å²) in [6, 6.07) is 18.6. The minimum Gasteiger partial charge on any atom is -0.505 e. The second kappa shape index (κ2) is 10.8. The van der Waals surface area contributed by atoms with Gasteiger partial charge < -0.3 is 15.4 Å². The van der Waals surface area contributed by atoms with Gasteiger partial charge in [-0.2, -0.15) is 10.2 Å². The van der Waals surface area contributed by atoms with E-state index in [9.17, 15) is 17.7 Å². The quantitative estimate of drug-likeness (QED) is 0.121. The lowest BCUT2D eigenvalue weighted by Crippen LogP contribution is -1.94. The van der Waals surface area contributed by atoms with Crippen LogP contribution >= 0.6 is 0 Å². The second-order valence-corrected chi connectivity index (χ2v) is 10.7. The highest BCUT2D eigenvalue weighted by atomic mass is 32.2. The maximum atomic E-state index is 11.9. The summed E-state index contributed by atoms with van der Waals surface area (Å²) >= 11 is -2.17. The van der Waals surface area contributed by atoms with Crippen LogP contribution in [0.5, 0.6) is 5.75 Å². The van der Waals surface area contributed by atoms with Gasteiger partial charge in [-0.05, 0) is 66.2 Å². The third-order valence-corrected chi connectivity index (χ3v) is 7.50. The molecule has 4 aromatic rings. The first kappa shape index (κ1) is 26.5. The smallest absolute Gasteiger partial charge is 0.199 e. The Hall–Kier alpha value is -4.52. The second-order valence-electron chi connectivity index (χ2n) is 7.86. The first-order chi connectivity index (χ1) is 18.1. The molecule has 0 bridgehead atoms. The van der Waals surface area contributed by atoms with Gasteiger partial charge in [0.15, 0.2) is 26.7 Å². The number of hydrogen-bond donors (Lipinski definition) is 3. The van der Waals surface area contributed by atoms with E-state index < -0.39 is 20.9 Å². The van der Waals surface area contributed by atoms with Gasteiger partial charge in [0.2, 0.25) is 0 Å². The van der Waals surface area contributed by atoms with E-state index in [4.69, 9.17) is 10.3 Å². The SMILES string of the molecule is C=CS(=O)(=O)c1ccc(N=Nc2c(N)ccc3c(O)c(N=Nc4ccc(C(=C)S(=O)O)cc4)ccc23)cc1. The maximum absolute atomic E-state index is 11.9. The number of sulfone groups is 1. The lowest BCUT2D eigenvalue weighted by molar-refractivity contribution is 0.482. The predicted molar refractivity (Wildman–Crippen MR) is 148 cm³/mol. The van der Waals surface area contributed by atoms with Crippen molar-refractivity contribution in [3.8, 4) is 5.75 Å². The van der Waals surface area contributed by atoms with Crippen molar-refractivity contribution in [2.24, 2.45) is 20.5 Å². The Bertz CT molecular complexity index is 1750. The fourth-order valence-corrected chi connectivity index (χ4v) is 4.45. The molecule has 0 radical (unpaired) electrons. The van der Waals surface area contributed by atoms with E-state index in [0.717, 1.165) is 5.41 Å². The van der Waals surface area contributed by atoms with Gasteiger partial charge in [0.25, 0.3) is 0 Å². The number of anilines is 1. The van der Waals surface area contributed by atoms with Crippen molar-refractivity contribution < 1.29 is 22.3 Å². The standard InChI is InChI=1S/C26H21N5O5S2/c1-3-38(35,36)20-10-8-19(9-11-20)29-31-25-21-13-15-24(26(32)22(21)12-14-23(25)27)30-28-18-6-4-17(5-7-18)16(2)37(33)34/h3-15,32H,1-2,27H2,(H,33,34). The first-order valence-electron chi connectivity index (χ1n) is 10.9. The molecule has 0 amide bonds. The molecule has 0 aromatic heterocycles. The van der Waals surface area contributed by atoms with E-state index >= 15 is 0 Å². The van der Waals surface area contributed by atoms with E-state index in [-0.39, 0.29) is 21.2 Å². The summed E-state index contributed by atoms with van der Waals surface area (Å²) in [5.41, 5.74) is 8.32. The molecule has 0 heterocycles. The summed E-state index contributed by atoms with van der Waals surface area (Å²) in [5.74, 6) is -0.137. The zero-order valence-corrected chi connectivity index (χ0v) is 21.4. The number of fused-ring (bicyclic) bond motifs is 1. The zero-order valence-electron chi connectivity index (χ0n) is 19.7. The average Bonchev–Trinajstić information content (AvgIpc) is 2.92. The topological polar surface area (TPSA) is 167 Å². The van der Waals surface area contributed by atoms with Crippen molar-refractivity contribution >= 4 is 65.0 Å². The molecule has 38 heavy (non-hydrogen) atoms. The lowest BCUT2D eigenvalue weighted by atomic mass is 10.1. The van der Waals surface area contributed by atoms with Crippen LogP contribution < -0.4 is 5.73 Å². The zero-order chi connectivity index (χ0) is 27.4. The van der Waals surface area contributed by atoms with Crippen molar-refractivity contribution in [2.75, 3.05) is 5.73 Å². The first-order valence-corrected chi connectivity index (χ1v) is 13.5. The fourth-order valence-electron chi connectivity index (χ4n) is 3.40. The predicted octanol–water partition coefficient (Wildman–Crippen LogP) is 7.07. The van der Waals surface area contributed by atoms with Gasteiger partial charge in [0.1, 0.15) is 11.4 Å². The van der Waals surface area contributed by atoms with Gasteiger partial charge in [-0.15, -0.1) is 10.2 Å². The molecular weight excluding hydrogens is 526 g/mol. The van der Waals surface area contributed by atoms with E-state index in [1.165, 1.54) is 24.3 Å². The van der Waals surface area contributed by atoms with E-state index in [0.29, 0.717) is 39.1 Å². The highest BCUT2D eigenvalue weighted by Gasteiger charge is 2.13. The van der Waals surface area contributed by atoms with Crippen LogP contribution in [0.25, 0.3) is 15.7 Å². The summed E-state index contributed by atoms with van der Waals surface area (Å²) in [6.07, 6.45) is 0. The normalized spacial score (nSPS) is 12.8. The van der Waals surface area contributed by atoms with Crippen LogP contribution in [0.1, 0.15) is 5.56 Å². The number of benzene rings is 4. The summed E-state index contributed by atoms with van der Waals surface area (Å²) in [4.78, 5) is 0.163. The van der Waals surface area contributed by atoms with Crippen LogP contribution in [0, 0.1) is 0 Å². The highest BCUT2D eigenvalue weighted by Crippen LogP contribution is 2.42. The Balaban J connectivity index is 1.62. The minimum atomic E-state index is -3.55. The molecule has 0 aliphatic carbocycles. The Morgan fingerprint density at radius 2 is 1.42 bits per heavy atom. The number of aromatic hydroxyl groups is 1. The van der Waals surface area contributed by atoms with Crippen LogP contribution in [0.3, 0.4) is 0 Å². The molecule has 4 aromatic carbocycles. The van der Waals surface area contributed by atoms with Crippen molar-refractivity contribution in [3.05, 3.63) is 96.9 Å². The third-order valence-electron chi connectivity index (χ3n) is 5.48. The van der Waals surface area contributed by atoms with Crippen LogP contribution in [0.4, 0.5) is 28.4 Å². The number of nitrogens with zero attached hydrogens (tertiary/aromatic N) is 4. The molecule has 1 atom stereocenters. The Morgan fingerprint density at radius 3 is 2.03 bits per heavy atom. The molecule has 4 rings (SSSR count). The van der Waals surface area contributed by atoms with Gasteiger partial charge in [0.05, 0.1) is 26.9 Å². The molecule has 0 aliphatic rings. The number of rotatable bonds is 8. The molecule has 0 saturated heterocycles. The number of azo groups is 2. The maximum Gasteiger partial charge on any atom is 0.199 e. The molecule has 1 unspecified atom stereocenters. The van der Waals surface area contributed by atoms with E-state index in [1.807, 2.05) is 0 Å². The van der Waals surface area contributed by atoms with Crippen molar-refractivity contribution in [1.82, 2.24) is 0 Å². The molecule has 12 heteroatoms. The van der Waals surface area contributed by atoms with Crippen LogP contribution in [-0.4, -0.2) is 22.3 Å². The van der Waals surface area contributed by atoms with Gasteiger partial charge in [-0.25, -0.2) is 12.6 Å². The van der Waals surface area contributed by atoms with Gasteiger partial charge in [0, 0.05) is 16.2 Å². The molecular formula is C26H21N5O5S2. The molecule has 0 fully saturated rings. The summed E-state index contributed by atoms with van der Waals surface area (Å²) in [7, 11) is -3.55. The Kier molecular flexibility index (Phi) is 7.57. The van der Waals surface area contributed by atoms with Crippen molar-refractivity contribution in [3.63, 3.8) is 0 Å². The number of phenolic OH excluding ortho intramolecular Hbond substituents is 1. The van der Waals surface area contributed by atoms with Crippen molar-refractivity contribution in [1.29, 1.82) is 0 Å². The Labute approximate surface area is 220 Å². The highest BCUT2D eigenvalue weighted by molar-refractivity contribution is 7.94. The van der Waals surface area contributed by atoms with Crippen LogP contribution in [0.15, 0.2) is 117 Å². The molecule has 192 valence electrons. The fraction of sp³-hybridized carbons (Fsp3) is 0. The summed E-state index contributed by atoms with van der Waals surface area (Å²) < 4.78 is 44.1. The Morgan fingerprint density at radius 1 is 0.842 bits per heavy atom. The van der Waals surface area contributed by atoms with Gasteiger partial charge >= 0.3 is 0 Å². The summed E-state index contributed by atoms with van der Waals surface area (Å²) in [5, 5.41) is 29.3. The number of nitrogens with two attached hydrogens (primary N) is 1. The number of nitrogen functional groups attached to an aromatic ring is 1. The lowest BCUT2D eigenvalue weighted by Gasteiger charge is -2.08. The van der Waals surface area contributed by atoms with E-state index in [1.54, 1.807) is 48.5 Å². The largest absolute Gasteiger partial charge is 0.505 e. The minimum absolute atomic E-state index is 0.0746. The van der Waals surface area contributed by atoms with Gasteiger partial charge in [-0.3, -0.25) is 0 Å². The third kappa shape index (κ3) is 5.57. The molecule has 10 nitrogen and oxygen atoms in total. The average molecular weight is 548 g/mol. The van der Waals surface area contributed by atoms with Crippen LogP contribution in [0.2, 0.25) is 0 Å². The number of phenols is 1. The van der Waals surface area contributed by atoms with E-state index in [2.05, 4.69) is 33.6 Å². The summed E-state index contributed by atoms with van der Waals surface area (Å²) in [6.45, 7) is 6.87. The molecule has 0 spiro atoms. The molecule has 0 aliphatic heterocycles. The number of hydrogen-bond acceptors (Lipinski definition) is 9. The monoisotopic (exact) mass is 547 g/mol. The van der Waals surface area contributed by atoms with Crippen LogP contribution in [-0.2, 0) is 20.9 Å².